The fourth-order valence-electron chi connectivity index (χ4n) is 3.11. The predicted octanol–water partition coefficient (Wildman–Crippen LogP) is 2.99. The normalized spacial score (nSPS) is 17.2. The van der Waals surface area contributed by atoms with Gasteiger partial charge in [0.1, 0.15) is 11.5 Å². The van der Waals surface area contributed by atoms with E-state index in [9.17, 15) is 4.39 Å². The number of aromatic nitrogens is 1. The third kappa shape index (κ3) is 4.87. The first-order valence-electron chi connectivity index (χ1n) is 8.45. The lowest BCUT2D eigenvalue weighted by atomic mass is 10.2. The largest absolute Gasteiger partial charge is 0.466 e. The van der Waals surface area contributed by atoms with E-state index < -0.39 is 0 Å². The number of hydrogen-bond acceptors (Lipinski definition) is 4. The minimum atomic E-state index is -0.281. The van der Waals surface area contributed by atoms with Gasteiger partial charge in [0.15, 0.2) is 17.6 Å². The summed E-state index contributed by atoms with van der Waals surface area (Å²) in [4.78, 5) is 10.4. The van der Waals surface area contributed by atoms with Crippen molar-refractivity contribution in [1.29, 1.82) is 0 Å². The summed E-state index contributed by atoms with van der Waals surface area (Å²) in [6.45, 7) is 6.00. The summed E-state index contributed by atoms with van der Waals surface area (Å²) in [5.41, 5.74) is 1.11. The van der Waals surface area contributed by atoms with Crippen molar-refractivity contribution >= 4 is 35.8 Å². The number of halogens is 2. The SMILES string of the molecule is CN=C(NCc1cc(C)oc1C)NC1CCN(c2ncccc2F)C1.I. The van der Waals surface area contributed by atoms with Gasteiger partial charge in [0.25, 0.3) is 0 Å². The van der Waals surface area contributed by atoms with Crippen LogP contribution in [0.25, 0.3) is 0 Å². The molecule has 1 atom stereocenters. The molecule has 2 aromatic rings. The van der Waals surface area contributed by atoms with Crippen molar-refractivity contribution in [2.24, 2.45) is 4.99 Å². The molecule has 1 aliphatic rings. The van der Waals surface area contributed by atoms with Gasteiger partial charge in [-0.15, -0.1) is 24.0 Å². The number of guanidine groups is 1. The van der Waals surface area contributed by atoms with E-state index in [1.807, 2.05) is 24.8 Å². The number of hydrogen-bond donors (Lipinski definition) is 2. The van der Waals surface area contributed by atoms with Crippen molar-refractivity contribution in [1.82, 2.24) is 15.6 Å². The van der Waals surface area contributed by atoms with Crippen LogP contribution in [0.3, 0.4) is 0 Å². The quantitative estimate of drug-likeness (QED) is 0.406. The molecule has 1 unspecified atom stereocenters. The van der Waals surface area contributed by atoms with Crippen molar-refractivity contribution in [3.05, 3.63) is 47.3 Å². The molecule has 2 N–H and O–H groups in total. The average molecular weight is 473 g/mol. The molecule has 8 heteroatoms. The Morgan fingerprint density at radius 2 is 2.27 bits per heavy atom. The molecular formula is C18H25FIN5O. The van der Waals surface area contributed by atoms with Crippen molar-refractivity contribution in [2.45, 2.75) is 32.9 Å². The first kappa shape index (κ1) is 20.5. The molecule has 1 saturated heterocycles. The highest BCUT2D eigenvalue weighted by Crippen LogP contribution is 2.20. The predicted molar refractivity (Wildman–Crippen MR) is 112 cm³/mol. The van der Waals surface area contributed by atoms with Crippen LogP contribution >= 0.6 is 24.0 Å². The second-order valence-corrected chi connectivity index (χ2v) is 6.25. The second kappa shape index (κ2) is 9.20. The van der Waals surface area contributed by atoms with Gasteiger partial charge in [0.05, 0.1) is 0 Å². The smallest absolute Gasteiger partial charge is 0.191 e. The number of nitrogens with zero attached hydrogens (tertiary/aromatic N) is 3. The Balaban J connectivity index is 0.00000243. The van der Waals surface area contributed by atoms with E-state index in [1.54, 1.807) is 19.3 Å². The van der Waals surface area contributed by atoms with E-state index in [-0.39, 0.29) is 35.8 Å². The minimum Gasteiger partial charge on any atom is -0.466 e. The molecule has 0 aliphatic carbocycles. The third-order valence-corrected chi connectivity index (χ3v) is 4.38. The Bertz CT molecular complexity index is 764. The zero-order valence-corrected chi connectivity index (χ0v) is 17.6. The van der Waals surface area contributed by atoms with Gasteiger partial charge in [0, 0.05) is 44.5 Å². The first-order valence-corrected chi connectivity index (χ1v) is 8.45. The average Bonchev–Trinajstić information content (AvgIpc) is 3.18. The highest BCUT2D eigenvalue weighted by Gasteiger charge is 2.25. The van der Waals surface area contributed by atoms with Crippen LogP contribution < -0.4 is 15.5 Å². The van der Waals surface area contributed by atoms with E-state index in [2.05, 4.69) is 20.6 Å². The topological polar surface area (TPSA) is 65.7 Å². The van der Waals surface area contributed by atoms with Crippen LogP contribution in [0.2, 0.25) is 0 Å². The highest BCUT2D eigenvalue weighted by molar-refractivity contribution is 14.0. The molecule has 0 radical (unpaired) electrons. The van der Waals surface area contributed by atoms with E-state index >= 15 is 0 Å². The summed E-state index contributed by atoms with van der Waals surface area (Å²) < 4.78 is 19.4. The standard InChI is InChI=1S/C18H24FN5O.HI/c1-12-9-14(13(2)25-12)10-22-18(20-3)23-15-6-8-24(11-15)17-16(19)5-4-7-21-17;/h4-5,7,9,15H,6,8,10-11H2,1-3H3,(H2,20,22,23);1H. The number of aliphatic imine (C=N–C) groups is 1. The molecule has 26 heavy (non-hydrogen) atoms. The Labute approximate surface area is 170 Å². The molecule has 3 heterocycles. The molecule has 0 aromatic carbocycles. The lowest BCUT2D eigenvalue weighted by molar-refractivity contribution is 0.500. The monoisotopic (exact) mass is 473 g/mol. The van der Waals surface area contributed by atoms with E-state index in [0.29, 0.717) is 18.9 Å². The Kier molecular flexibility index (Phi) is 7.24. The van der Waals surface area contributed by atoms with Crippen LogP contribution in [0.15, 0.2) is 33.8 Å². The number of nitrogens with one attached hydrogen (secondary N) is 2. The fourth-order valence-corrected chi connectivity index (χ4v) is 3.11. The van der Waals surface area contributed by atoms with E-state index in [1.165, 1.54) is 6.07 Å². The van der Waals surface area contributed by atoms with Gasteiger partial charge in [-0.2, -0.15) is 0 Å². The van der Waals surface area contributed by atoms with E-state index in [0.717, 1.165) is 36.0 Å². The number of aryl methyl sites for hydroxylation is 2. The maximum Gasteiger partial charge on any atom is 0.191 e. The van der Waals surface area contributed by atoms with Gasteiger partial charge in [-0.3, -0.25) is 4.99 Å². The van der Waals surface area contributed by atoms with Crippen molar-refractivity contribution in [3.63, 3.8) is 0 Å². The second-order valence-electron chi connectivity index (χ2n) is 6.25. The molecule has 142 valence electrons. The molecule has 0 bridgehead atoms. The van der Waals surface area contributed by atoms with Gasteiger partial charge in [-0.05, 0) is 38.5 Å². The minimum absolute atomic E-state index is 0. The van der Waals surface area contributed by atoms with Crippen LogP contribution in [0, 0.1) is 19.7 Å². The highest BCUT2D eigenvalue weighted by atomic mass is 127. The van der Waals surface area contributed by atoms with Gasteiger partial charge in [-0.25, -0.2) is 9.37 Å². The lowest BCUT2D eigenvalue weighted by Crippen LogP contribution is -2.44. The Morgan fingerprint density at radius 3 is 2.92 bits per heavy atom. The van der Waals surface area contributed by atoms with Gasteiger partial charge in [-0.1, -0.05) is 0 Å². The molecule has 0 saturated carbocycles. The number of rotatable bonds is 4. The van der Waals surface area contributed by atoms with E-state index in [4.69, 9.17) is 4.42 Å². The zero-order chi connectivity index (χ0) is 17.8. The van der Waals surface area contributed by atoms with Crippen molar-refractivity contribution in [2.75, 3.05) is 25.0 Å². The summed E-state index contributed by atoms with van der Waals surface area (Å²) in [5.74, 6) is 2.68. The van der Waals surface area contributed by atoms with Crippen LogP contribution in [-0.2, 0) is 6.54 Å². The molecule has 3 rings (SSSR count). The summed E-state index contributed by atoms with van der Waals surface area (Å²) in [6, 6.07) is 5.27. The van der Waals surface area contributed by atoms with Gasteiger partial charge < -0.3 is 20.0 Å². The molecule has 1 fully saturated rings. The molecular weight excluding hydrogens is 448 g/mol. The van der Waals surface area contributed by atoms with Gasteiger partial charge >= 0.3 is 0 Å². The maximum atomic E-state index is 13.9. The Morgan fingerprint density at radius 1 is 1.46 bits per heavy atom. The summed E-state index contributed by atoms with van der Waals surface area (Å²) >= 11 is 0. The lowest BCUT2D eigenvalue weighted by Gasteiger charge is -2.19. The van der Waals surface area contributed by atoms with Crippen LogP contribution in [0.1, 0.15) is 23.5 Å². The summed E-state index contributed by atoms with van der Waals surface area (Å²) in [5, 5.41) is 6.70. The molecule has 6 nitrogen and oxygen atoms in total. The number of furan rings is 1. The van der Waals surface area contributed by atoms with Crippen LogP contribution in [0.5, 0.6) is 0 Å². The molecule has 2 aromatic heterocycles. The Hall–Kier alpha value is -1.84. The first-order chi connectivity index (χ1) is 12.1. The molecule has 1 aliphatic heterocycles. The molecule has 0 spiro atoms. The fraction of sp³-hybridized carbons (Fsp3) is 0.444. The number of pyridine rings is 1. The molecule has 0 amide bonds. The number of anilines is 1. The summed E-state index contributed by atoms with van der Waals surface area (Å²) in [6.07, 6.45) is 2.52. The maximum absolute atomic E-state index is 13.9. The van der Waals surface area contributed by atoms with Crippen molar-refractivity contribution in [3.8, 4) is 0 Å². The van der Waals surface area contributed by atoms with Gasteiger partial charge in [0.2, 0.25) is 0 Å². The van der Waals surface area contributed by atoms with Crippen LogP contribution in [-0.4, -0.2) is 37.1 Å². The van der Waals surface area contributed by atoms with Crippen LogP contribution in [0.4, 0.5) is 10.2 Å². The summed E-state index contributed by atoms with van der Waals surface area (Å²) in [7, 11) is 1.74. The third-order valence-electron chi connectivity index (χ3n) is 4.38. The zero-order valence-electron chi connectivity index (χ0n) is 15.3. The van der Waals surface area contributed by atoms with Crippen molar-refractivity contribution < 1.29 is 8.81 Å².